The third-order valence-corrected chi connectivity index (χ3v) is 2.90. The average Bonchev–Trinajstić information content (AvgIpc) is 2.99. The third-order valence-electron chi connectivity index (χ3n) is 2.43. The van der Waals surface area contributed by atoms with E-state index in [-0.39, 0.29) is 17.7 Å². The maximum Gasteiger partial charge on any atom is 0.222 e. The van der Waals surface area contributed by atoms with Crippen molar-refractivity contribution in [3.8, 4) is 0 Å². The second kappa shape index (κ2) is 4.00. The van der Waals surface area contributed by atoms with Gasteiger partial charge in [0.15, 0.2) is 0 Å². The summed E-state index contributed by atoms with van der Waals surface area (Å²) in [5.74, 6) is -0.349. The first-order chi connectivity index (χ1) is 7.22. The van der Waals surface area contributed by atoms with Crippen molar-refractivity contribution in [2.24, 2.45) is 11.0 Å². The summed E-state index contributed by atoms with van der Waals surface area (Å²) in [6, 6.07) is 3.76. The van der Waals surface area contributed by atoms with E-state index >= 15 is 0 Å². The van der Waals surface area contributed by atoms with Crippen LogP contribution >= 0.6 is 15.9 Å². The molecule has 0 radical (unpaired) electrons. The summed E-state index contributed by atoms with van der Waals surface area (Å²) in [4.78, 5) is 17.8. The molecule has 1 heterocycles. The molecular weight excluding hydrogens is 260 g/mol. The van der Waals surface area contributed by atoms with E-state index in [1.807, 2.05) is 12.1 Å². The fraction of sp³-hybridized carbons (Fsp3) is 0.333. The number of amides is 1. The number of carbonyl (C=O) groups is 1. The van der Waals surface area contributed by atoms with Crippen LogP contribution in [0.25, 0.3) is 10.4 Å². The lowest BCUT2D eigenvalue weighted by molar-refractivity contribution is -0.119. The van der Waals surface area contributed by atoms with Crippen molar-refractivity contribution in [2.75, 3.05) is 0 Å². The van der Waals surface area contributed by atoms with E-state index in [0.29, 0.717) is 0 Å². The van der Waals surface area contributed by atoms with Gasteiger partial charge in [0, 0.05) is 17.0 Å². The fourth-order valence-electron chi connectivity index (χ4n) is 1.56. The summed E-state index contributed by atoms with van der Waals surface area (Å²) in [6.07, 6.45) is 2.49. The van der Waals surface area contributed by atoms with Gasteiger partial charge in [-0.25, -0.2) is 4.98 Å². The van der Waals surface area contributed by atoms with Crippen molar-refractivity contribution >= 4 is 21.8 Å². The molecule has 5 nitrogen and oxygen atoms in total. The highest BCUT2D eigenvalue weighted by atomic mass is 79.9. The topological polar surface area (TPSA) is 78.7 Å². The van der Waals surface area contributed by atoms with Gasteiger partial charge >= 0.3 is 0 Å². The van der Waals surface area contributed by atoms with E-state index in [0.717, 1.165) is 16.6 Å². The van der Waals surface area contributed by atoms with Gasteiger partial charge in [-0.05, 0) is 50.5 Å². The molecule has 76 valence electrons. The number of nitrogens with zero attached hydrogens (tertiary/aromatic N) is 4. The normalized spacial score (nSPS) is 23.0. The van der Waals surface area contributed by atoms with Crippen molar-refractivity contribution in [1.82, 2.24) is 4.98 Å². The Hall–Kier alpha value is -1.39. The number of halogens is 1. The first-order valence-electron chi connectivity index (χ1n) is 4.43. The zero-order valence-corrected chi connectivity index (χ0v) is 9.25. The smallest absolute Gasteiger partial charge is 0.222 e. The minimum absolute atomic E-state index is 0.149. The summed E-state index contributed by atoms with van der Waals surface area (Å²) < 4.78 is 0.768. The van der Waals surface area contributed by atoms with Crippen LogP contribution < -0.4 is 0 Å². The maximum atomic E-state index is 11.2. The first kappa shape index (κ1) is 10.1. The highest BCUT2D eigenvalue weighted by Crippen LogP contribution is 2.48. The molecule has 1 amide bonds. The number of hydrogen-bond acceptors (Lipinski definition) is 2. The van der Waals surface area contributed by atoms with E-state index in [4.69, 9.17) is 5.53 Å². The Labute approximate surface area is 94.3 Å². The Kier molecular flexibility index (Phi) is 2.70. The number of aromatic nitrogens is 1. The first-order valence-corrected chi connectivity index (χ1v) is 5.22. The van der Waals surface area contributed by atoms with Gasteiger partial charge in [-0.1, -0.05) is 6.07 Å². The molecule has 1 aliphatic carbocycles. The minimum Gasteiger partial charge on any atom is -0.292 e. The summed E-state index contributed by atoms with van der Waals surface area (Å²) in [7, 11) is 0. The van der Waals surface area contributed by atoms with Gasteiger partial charge in [0.2, 0.25) is 5.91 Å². The van der Waals surface area contributed by atoms with Crippen LogP contribution in [0.5, 0.6) is 0 Å². The molecule has 6 heteroatoms. The summed E-state index contributed by atoms with van der Waals surface area (Å²) in [6.45, 7) is 0. The van der Waals surface area contributed by atoms with Crippen LogP contribution in [-0.4, -0.2) is 10.9 Å². The Balaban J connectivity index is 2.08. The van der Waals surface area contributed by atoms with Crippen LogP contribution in [0.3, 0.4) is 0 Å². The molecule has 1 aromatic rings. The zero-order valence-electron chi connectivity index (χ0n) is 7.67. The van der Waals surface area contributed by atoms with E-state index in [2.05, 4.69) is 30.9 Å². The number of rotatable bonds is 2. The lowest BCUT2D eigenvalue weighted by Crippen LogP contribution is -1.96. The number of carbonyl (C=O) groups excluding carboxylic acids is 1. The van der Waals surface area contributed by atoms with E-state index in [1.165, 1.54) is 0 Å². The maximum absolute atomic E-state index is 11.2. The average molecular weight is 267 g/mol. The SMILES string of the molecule is [N-]=[N+]=NC(=O)[C@@H]1C[C@H]1c1ccc(Br)nc1. The molecule has 1 fully saturated rings. The standard InChI is InChI=1S/C9H7BrN4O/c10-8-2-1-5(4-12-8)6-3-7(6)9(15)13-14-11/h1-2,4,6-7H,3H2/t6-,7+/m0/s1. The van der Waals surface area contributed by atoms with Gasteiger partial charge in [-0.3, -0.25) is 4.79 Å². The van der Waals surface area contributed by atoms with Gasteiger partial charge in [-0.2, -0.15) is 0 Å². The van der Waals surface area contributed by atoms with Crippen LogP contribution in [0.1, 0.15) is 17.9 Å². The minimum atomic E-state index is -0.370. The molecule has 0 aromatic carbocycles. The van der Waals surface area contributed by atoms with E-state index in [1.54, 1.807) is 6.20 Å². The lowest BCUT2D eigenvalue weighted by atomic mass is 10.1. The number of azide groups is 1. The Morgan fingerprint density at radius 3 is 3.07 bits per heavy atom. The molecule has 0 N–H and O–H groups in total. The summed E-state index contributed by atoms with van der Waals surface area (Å²) in [5, 5.41) is 3.09. The van der Waals surface area contributed by atoms with E-state index < -0.39 is 0 Å². The van der Waals surface area contributed by atoms with Gasteiger partial charge in [0.25, 0.3) is 0 Å². The van der Waals surface area contributed by atoms with Crippen molar-refractivity contribution in [3.05, 3.63) is 38.9 Å². The largest absolute Gasteiger partial charge is 0.292 e. The quantitative estimate of drug-likeness (QED) is 0.357. The molecule has 15 heavy (non-hydrogen) atoms. The lowest BCUT2D eigenvalue weighted by Gasteiger charge is -1.97. The Morgan fingerprint density at radius 2 is 2.47 bits per heavy atom. The van der Waals surface area contributed by atoms with Crippen LogP contribution in [-0.2, 0) is 4.79 Å². The molecule has 2 atom stereocenters. The second-order valence-corrected chi connectivity index (χ2v) is 4.20. The Bertz CT molecular complexity index is 438. The second-order valence-electron chi connectivity index (χ2n) is 3.39. The van der Waals surface area contributed by atoms with Gasteiger partial charge < -0.3 is 0 Å². The predicted octanol–water partition coefficient (Wildman–Crippen LogP) is 2.78. The number of pyridine rings is 1. The van der Waals surface area contributed by atoms with Crippen LogP contribution in [0.15, 0.2) is 28.0 Å². The molecule has 0 spiro atoms. The van der Waals surface area contributed by atoms with Crippen molar-refractivity contribution in [1.29, 1.82) is 0 Å². The Morgan fingerprint density at radius 1 is 1.67 bits per heavy atom. The fourth-order valence-corrected chi connectivity index (χ4v) is 1.80. The van der Waals surface area contributed by atoms with Gasteiger partial charge in [-0.15, -0.1) is 0 Å². The molecule has 1 aromatic heterocycles. The van der Waals surface area contributed by atoms with Crippen LogP contribution in [0.4, 0.5) is 0 Å². The van der Waals surface area contributed by atoms with Gasteiger partial charge in [0.1, 0.15) is 4.60 Å². The molecule has 0 bridgehead atoms. The molecule has 1 saturated carbocycles. The highest BCUT2D eigenvalue weighted by Gasteiger charge is 2.43. The van der Waals surface area contributed by atoms with Crippen molar-refractivity contribution < 1.29 is 4.79 Å². The molecule has 1 aliphatic rings. The third kappa shape index (κ3) is 2.16. The van der Waals surface area contributed by atoms with Crippen LogP contribution in [0, 0.1) is 5.92 Å². The molecular formula is C9H7BrN4O. The van der Waals surface area contributed by atoms with Crippen molar-refractivity contribution in [2.45, 2.75) is 12.3 Å². The highest BCUT2D eigenvalue weighted by molar-refractivity contribution is 9.10. The zero-order chi connectivity index (χ0) is 10.8. The molecule has 0 aliphatic heterocycles. The predicted molar refractivity (Wildman–Crippen MR) is 56.9 cm³/mol. The molecule has 0 unspecified atom stereocenters. The molecule has 0 saturated heterocycles. The molecule has 2 rings (SSSR count). The van der Waals surface area contributed by atoms with Crippen molar-refractivity contribution in [3.63, 3.8) is 0 Å². The number of hydrogen-bond donors (Lipinski definition) is 0. The van der Waals surface area contributed by atoms with Crippen LogP contribution in [0.2, 0.25) is 0 Å². The van der Waals surface area contributed by atoms with E-state index in [9.17, 15) is 4.79 Å². The summed E-state index contributed by atoms with van der Waals surface area (Å²) >= 11 is 3.24. The van der Waals surface area contributed by atoms with Gasteiger partial charge in [0.05, 0.1) is 0 Å². The monoisotopic (exact) mass is 266 g/mol. The summed E-state index contributed by atoms with van der Waals surface area (Å²) in [5.41, 5.74) is 9.14.